The first kappa shape index (κ1) is 14.4. The third-order valence-corrected chi connectivity index (χ3v) is 4.15. The molecule has 1 amide bonds. The van der Waals surface area contributed by atoms with Crippen LogP contribution in [0.15, 0.2) is 24.3 Å². The van der Waals surface area contributed by atoms with Gasteiger partial charge in [-0.15, -0.1) is 0 Å². The van der Waals surface area contributed by atoms with Crippen molar-refractivity contribution in [2.75, 3.05) is 13.2 Å². The number of hydrogen-bond acceptors (Lipinski definition) is 3. The van der Waals surface area contributed by atoms with E-state index in [2.05, 4.69) is 5.32 Å². The molecule has 0 saturated heterocycles. The molecule has 0 radical (unpaired) electrons. The van der Waals surface area contributed by atoms with Gasteiger partial charge in [-0.2, -0.15) is 0 Å². The number of carbonyl (C=O) groups excluding carboxylic acids is 1. The highest BCUT2D eigenvalue weighted by Crippen LogP contribution is 2.31. The molecule has 0 spiro atoms. The number of ether oxygens (including phenoxy) is 2. The molecule has 1 fully saturated rings. The fourth-order valence-electron chi connectivity index (χ4n) is 2.60. The van der Waals surface area contributed by atoms with E-state index in [1.165, 1.54) is 12.8 Å². The van der Waals surface area contributed by atoms with Gasteiger partial charge >= 0.3 is 0 Å². The highest BCUT2D eigenvalue weighted by molar-refractivity contribution is 5.80. The maximum absolute atomic E-state index is 12.3. The molecule has 1 heterocycles. The van der Waals surface area contributed by atoms with Crippen molar-refractivity contribution in [3.05, 3.63) is 29.8 Å². The number of rotatable bonds is 5. The van der Waals surface area contributed by atoms with E-state index in [0.717, 1.165) is 24.2 Å². The predicted molar refractivity (Wildman–Crippen MR) is 80.2 cm³/mol. The van der Waals surface area contributed by atoms with E-state index in [9.17, 15) is 4.79 Å². The Morgan fingerprint density at radius 3 is 3.00 bits per heavy atom. The fourth-order valence-corrected chi connectivity index (χ4v) is 2.60. The van der Waals surface area contributed by atoms with E-state index in [1.807, 2.05) is 31.2 Å². The van der Waals surface area contributed by atoms with Crippen LogP contribution in [-0.2, 0) is 9.53 Å². The number of hydrogen-bond donors (Lipinski definition) is 1. The number of carbonyl (C=O) groups is 1. The molecule has 2 aliphatic rings. The average molecular weight is 289 g/mol. The van der Waals surface area contributed by atoms with Gasteiger partial charge in [-0.25, -0.2) is 0 Å². The lowest BCUT2D eigenvalue weighted by Crippen LogP contribution is -2.37. The van der Waals surface area contributed by atoms with Crippen LogP contribution in [-0.4, -0.2) is 25.2 Å². The molecular weight excluding hydrogens is 266 g/mol. The van der Waals surface area contributed by atoms with E-state index in [0.29, 0.717) is 19.1 Å². The van der Waals surface area contributed by atoms with E-state index in [1.54, 1.807) is 0 Å². The molecule has 114 valence electrons. The summed E-state index contributed by atoms with van der Waals surface area (Å²) in [4.78, 5) is 12.3. The molecule has 1 aliphatic heterocycles. The lowest BCUT2D eigenvalue weighted by atomic mass is 10.0. The number of benzene rings is 1. The SMILES string of the molecule is C[C@H](OCC1CC1)C(=O)N[C@H]1CCCOc2ccccc21. The van der Waals surface area contributed by atoms with Crippen molar-refractivity contribution in [2.24, 2.45) is 5.92 Å². The van der Waals surface area contributed by atoms with Crippen molar-refractivity contribution in [1.82, 2.24) is 5.32 Å². The van der Waals surface area contributed by atoms with Crippen LogP contribution >= 0.6 is 0 Å². The number of fused-ring (bicyclic) bond motifs is 1. The summed E-state index contributed by atoms with van der Waals surface area (Å²) in [6, 6.07) is 7.96. The van der Waals surface area contributed by atoms with E-state index >= 15 is 0 Å². The summed E-state index contributed by atoms with van der Waals surface area (Å²) in [5.41, 5.74) is 1.07. The van der Waals surface area contributed by atoms with E-state index < -0.39 is 0 Å². The van der Waals surface area contributed by atoms with Crippen molar-refractivity contribution < 1.29 is 14.3 Å². The molecule has 1 saturated carbocycles. The average Bonchev–Trinajstić information content (AvgIpc) is 3.32. The topological polar surface area (TPSA) is 47.6 Å². The van der Waals surface area contributed by atoms with Crippen LogP contribution < -0.4 is 10.1 Å². The summed E-state index contributed by atoms with van der Waals surface area (Å²) in [5.74, 6) is 1.52. The largest absolute Gasteiger partial charge is 0.493 e. The van der Waals surface area contributed by atoms with Crippen molar-refractivity contribution in [3.8, 4) is 5.75 Å². The normalized spacial score (nSPS) is 22.6. The van der Waals surface area contributed by atoms with Crippen LogP contribution in [0.4, 0.5) is 0 Å². The molecule has 4 heteroatoms. The summed E-state index contributed by atoms with van der Waals surface area (Å²) >= 11 is 0. The van der Waals surface area contributed by atoms with Gasteiger partial charge in [0, 0.05) is 5.56 Å². The van der Waals surface area contributed by atoms with E-state index in [4.69, 9.17) is 9.47 Å². The molecule has 4 nitrogen and oxygen atoms in total. The van der Waals surface area contributed by atoms with Gasteiger partial charge in [-0.05, 0) is 44.6 Å². The summed E-state index contributed by atoms with van der Waals surface area (Å²) < 4.78 is 11.4. The third-order valence-electron chi connectivity index (χ3n) is 4.15. The van der Waals surface area contributed by atoms with Crippen LogP contribution in [0.2, 0.25) is 0 Å². The van der Waals surface area contributed by atoms with Crippen LogP contribution in [0.5, 0.6) is 5.75 Å². The van der Waals surface area contributed by atoms with E-state index in [-0.39, 0.29) is 18.1 Å². The number of nitrogens with one attached hydrogen (secondary N) is 1. The minimum atomic E-state index is -0.387. The second kappa shape index (κ2) is 6.48. The molecule has 2 atom stereocenters. The lowest BCUT2D eigenvalue weighted by Gasteiger charge is -2.21. The summed E-state index contributed by atoms with van der Waals surface area (Å²) in [7, 11) is 0. The maximum Gasteiger partial charge on any atom is 0.249 e. The minimum absolute atomic E-state index is 0.0168. The number of para-hydroxylation sites is 1. The molecule has 0 bridgehead atoms. The van der Waals surface area contributed by atoms with Crippen LogP contribution in [0.1, 0.15) is 44.2 Å². The van der Waals surface area contributed by atoms with Crippen molar-refractivity contribution >= 4 is 5.91 Å². The van der Waals surface area contributed by atoms with Gasteiger partial charge in [-0.3, -0.25) is 4.79 Å². The predicted octanol–water partition coefficient (Wildman–Crippen LogP) is 2.83. The summed E-state index contributed by atoms with van der Waals surface area (Å²) in [6.45, 7) is 3.24. The Morgan fingerprint density at radius 1 is 1.38 bits per heavy atom. The monoisotopic (exact) mass is 289 g/mol. The van der Waals surface area contributed by atoms with Crippen molar-refractivity contribution in [3.63, 3.8) is 0 Å². The van der Waals surface area contributed by atoms with Gasteiger partial charge < -0.3 is 14.8 Å². The Bertz CT molecular complexity index is 499. The second-order valence-electron chi connectivity index (χ2n) is 6.01. The first-order valence-corrected chi connectivity index (χ1v) is 7.88. The standard InChI is InChI=1S/C17H23NO3/c1-12(21-11-13-8-9-13)17(19)18-15-6-4-10-20-16-7-3-2-5-14(15)16/h2-3,5,7,12-13,15H,4,6,8-11H2,1H3,(H,18,19)/t12-,15-/m0/s1. The van der Waals surface area contributed by atoms with Gasteiger partial charge in [0.2, 0.25) is 5.91 Å². The Morgan fingerprint density at radius 2 is 2.19 bits per heavy atom. The Balaban J connectivity index is 1.61. The lowest BCUT2D eigenvalue weighted by molar-refractivity contribution is -0.132. The molecule has 3 rings (SSSR count). The Kier molecular flexibility index (Phi) is 4.44. The van der Waals surface area contributed by atoms with Gasteiger partial charge in [0.15, 0.2) is 0 Å². The molecule has 1 aromatic rings. The van der Waals surface area contributed by atoms with Gasteiger partial charge in [0.05, 0.1) is 19.3 Å². The molecular formula is C17H23NO3. The molecule has 21 heavy (non-hydrogen) atoms. The van der Waals surface area contributed by atoms with Crippen molar-refractivity contribution in [2.45, 2.75) is 44.8 Å². The quantitative estimate of drug-likeness (QED) is 0.906. The smallest absolute Gasteiger partial charge is 0.249 e. The molecule has 1 N–H and O–H groups in total. The highest BCUT2D eigenvalue weighted by atomic mass is 16.5. The van der Waals surface area contributed by atoms with Gasteiger partial charge in [-0.1, -0.05) is 18.2 Å². The summed E-state index contributed by atoms with van der Waals surface area (Å²) in [5, 5.41) is 3.12. The molecule has 1 aromatic carbocycles. The first-order valence-electron chi connectivity index (χ1n) is 7.88. The van der Waals surface area contributed by atoms with Crippen LogP contribution in [0.25, 0.3) is 0 Å². The minimum Gasteiger partial charge on any atom is -0.493 e. The van der Waals surface area contributed by atoms with Crippen LogP contribution in [0.3, 0.4) is 0 Å². The van der Waals surface area contributed by atoms with Gasteiger partial charge in [0.1, 0.15) is 11.9 Å². The maximum atomic E-state index is 12.3. The zero-order valence-corrected chi connectivity index (χ0v) is 12.5. The first-order chi connectivity index (χ1) is 10.2. The summed E-state index contributed by atoms with van der Waals surface area (Å²) in [6.07, 6.45) is 3.93. The fraction of sp³-hybridized carbons (Fsp3) is 0.588. The van der Waals surface area contributed by atoms with Gasteiger partial charge in [0.25, 0.3) is 0 Å². The second-order valence-corrected chi connectivity index (χ2v) is 6.01. The van der Waals surface area contributed by atoms with Crippen LogP contribution in [0, 0.1) is 5.92 Å². The van der Waals surface area contributed by atoms with Crippen molar-refractivity contribution in [1.29, 1.82) is 0 Å². The molecule has 0 unspecified atom stereocenters. The highest BCUT2D eigenvalue weighted by Gasteiger charge is 2.26. The number of amides is 1. The zero-order valence-electron chi connectivity index (χ0n) is 12.5. The third kappa shape index (κ3) is 3.76. The molecule has 0 aromatic heterocycles. The zero-order chi connectivity index (χ0) is 14.7. The molecule has 1 aliphatic carbocycles. The Labute approximate surface area is 125 Å². The Hall–Kier alpha value is -1.55.